The Morgan fingerprint density at radius 1 is 1.25 bits per heavy atom. The fourth-order valence-corrected chi connectivity index (χ4v) is 0. The minimum atomic E-state index is 0. The summed E-state index contributed by atoms with van der Waals surface area (Å²) in [6, 6.07) is 0. The van der Waals surface area contributed by atoms with Crippen molar-refractivity contribution < 1.29 is 51.4 Å². The quantitative estimate of drug-likeness (QED) is 0.175. The second-order valence-electron chi connectivity index (χ2n) is 0. The predicted molar refractivity (Wildman–Crippen MR) is 16.5 cm³/mol. The molecule has 0 atom stereocenters. The zero-order valence-electron chi connectivity index (χ0n) is 2.52. The molecule has 0 aromatic carbocycles. The first-order valence-electron chi connectivity index (χ1n) is 0.224. The van der Waals surface area contributed by atoms with Crippen molar-refractivity contribution in [2.24, 2.45) is 0 Å². The van der Waals surface area contributed by atoms with Crippen LogP contribution in [0.2, 0.25) is 0 Å². The van der Waals surface area contributed by atoms with Crippen molar-refractivity contribution in [3.63, 3.8) is 0 Å². The van der Waals surface area contributed by atoms with Gasteiger partial charge in [0.15, 0.2) is 0 Å². The average Bonchev–Trinajstić information content (AvgIpc) is 1.00. The average molecular weight is 100 g/mol. The van der Waals surface area contributed by atoms with Crippen molar-refractivity contribution in [1.29, 1.82) is 5.26 Å². The van der Waals surface area contributed by atoms with Gasteiger partial charge >= 0.3 is 51.4 Å². The van der Waals surface area contributed by atoms with Crippen molar-refractivity contribution >= 4 is 13.5 Å². The van der Waals surface area contributed by atoms with E-state index < -0.39 is 0 Å². The second kappa shape index (κ2) is 24.8. The van der Waals surface area contributed by atoms with Crippen LogP contribution < -0.4 is 51.4 Å². The van der Waals surface area contributed by atoms with Gasteiger partial charge in [0.1, 0.15) is 0 Å². The second-order valence-corrected chi connectivity index (χ2v) is 0. The van der Waals surface area contributed by atoms with Gasteiger partial charge in [-0.3, -0.25) is 0 Å². The van der Waals surface area contributed by atoms with E-state index in [-0.39, 0.29) is 64.9 Å². The van der Waals surface area contributed by atoms with Gasteiger partial charge in [0.25, 0.3) is 0 Å². The first-order chi connectivity index (χ1) is 1.00. The molecule has 0 N–H and O–H groups in total. The molecule has 1 nitrogen and oxygen atoms in total. The third kappa shape index (κ3) is 9.78. The molecular formula is CH3KNS+. The molecule has 0 unspecified atom stereocenters. The van der Waals surface area contributed by atoms with Gasteiger partial charge in [-0.2, -0.15) is 0 Å². The smallest absolute Gasteiger partial charge is 0.512 e. The van der Waals surface area contributed by atoms with E-state index in [1.54, 1.807) is 0 Å². The molecule has 0 saturated heterocycles. The standard InChI is InChI=1S/CN.K.H2S/c1-2;;/h;;1H2/q-1;+1;/p+1. The zero-order chi connectivity index (χ0) is 2.00. The van der Waals surface area contributed by atoms with E-state index >= 15 is 0 Å². The zero-order valence-corrected chi connectivity index (χ0v) is 6.80. The Balaban J connectivity index is -0.00000000500. The van der Waals surface area contributed by atoms with E-state index in [1.807, 2.05) is 0 Å². The van der Waals surface area contributed by atoms with Gasteiger partial charge in [0, 0.05) is 0 Å². The summed E-state index contributed by atoms with van der Waals surface area (Å²) >= 11 is 0. The Bertz CT molecular complexity index is 12.8. The van der Waals surface area contributed by atoms with Gasteiger partial charge < -0.3 is 11.8 Å². The first kappa shape index (κ1) is 17.9. The molecule has 0 aliphatic carbocycles. The van der Waals surface area contributed by atoms with Crippen LogP contribution in [0.4, 0.5) is 0 Å². The third-order valence-electron chi connectivity index (χ3n) is 0. The van der Waals surface area contributed by atoms with Crippen LogP contribution in [0.5, 0.6) is 0 Å². The summed E-state index contributed by atoms with van der Waals surface area (Å²) < 4.78 is 0. The molecule has 0 radical (unpaired) electrons. The maximum atomic E-state index is 6.25. The van der Waals surface area contributed by atoms with Crippen molar-refractivity contribution in [2.45, 2.75) is 0 Å². The van der Waals surface area contributed by atoms with E-state index in [1.165, 1.54) is 0 Å². The van der Waals surface area contributed by atoms with Gasteiger partial charge in [-0.1, -0.05) is 13.5 Å². The van der Waals surface area contributed by atoms with E-state index in [0.717, 1.165) is 0 Å². The summed E-state index contributed by atoms with van der Waals surface area (Å²) in [4.78, 5) is 0. The van der Waals surface area contributed by atoms with Gasteiger partial charge in [0.05, 0.1) is 0 Å². The van der Waals surface area contributed by atoms with Crippen LogP contribution in [-0.2, 0) is 13.5 Å². The van der Waals surface area contributed by atoms with Gasteiger partial charge in [-0.25, -0.2) is 0 Å². The molecule has 0 fully saturated rings. The Morgan fingerprint density at radius 2 is 1.25 bits per heavy atom. The van der Waals surface area contributed by atoms with Crippen LogP contribution in [0.15, 0.2) is 0 Å². The third-order valence-corrected chi connectivity index (χ3v) is 0. The van der Waals surface area contributed by atoms with Crippen molar-refractivity contribution in [2.75, 3.05) is 0 Å². The molecule has 0 bridgehead atoms. The molecule has 0 spiro atoms. The molecule has 0 aliphatic heterocycles. The van der Waals surface area contributed by atoms with Crippen LogP contribution in [0.25, 0.3) is 0 Å². The molecule has 0 aliphatic rings. The minimum absolute atomic E-state index is 0. The molecule has 0 aromatic rings. The van der Waals surface area contributed by atoms with E-state index in [4.69, 9.17) is 11.8 Å². The molecular weight excluding hydrogens is 97.2 g/mol. The van der Waals surface area contributed by atoms with Gasteiger partial charge in [-0.05, 0) is 0 Å². The maximum Gasteiger partial charge on any atom is 1.00 e. The Kier molecular flexibility index (Phi) is 111. The fourth-order valence-electron chi connectivity index (χ4n) is 0. The van der Waals surface area contributed by atoms with E-state index in [0.29, 0.717) is 0 Å². The van der Waals surface area contributed by atoms with Crippen LogP contribution >= 0.6 is 0 Å². The number of hydrogen-bond donors (Lipinski definition) is 0. The summed E-state index contributed by atoms with van der Waals surface area (Å²) in [5.41, 5.74) is 0. The number of rotatable bonds is 0. The monoisotopic (exact) mass is 100.0 g/mol. The summed E-state index contributed by atoms with van der Waals surface area (Å²) in [6.07, 6.45) is 0. The van der Waals surface area contributed by atoms with Crippen LogP contribution in [0.3, 0.4) is 0 Å². The fraction of sp³-hybridized carbons (Fsp3) is 0. The van der Waals surface area contributed by atoms with Gasteiger partial charge in [0.2, 0.25) is 0 Å². The predicted octanol–water partition coefficient (Wildman–Crippen LogP) is -3.71. The Labute approximate surface area is 75.2 Å². The molecule has 18 valence electrons. The SMILES string of the molecule is [C-]#N.[K+].[SH3+]. The summed E-state index contributed by atoms with van der Waals surface area (Å²) in [6.45, 7) is 4.75. The van der Waals surface area contributed by atoms with Gasteiger partial charge in [-0.15, -0.1) is 0 Å². The summed E-state index contributed by atoms with van der Waals surface area (Å²) in [7, 11) is 0. The van der Waals surface area contributed by atoms with Crippen molar-refractivity contribution in [3.8, 4) is 0 Å². The maximum absolute atomic E-state index is 6.25. The van der Waals surface area contributed by atoms with Crippen LogP contribution in [0.1, 0.15) is 0 Å². The molecule has 4 heavy (non-hydrogen) atoms. The Morgan fingerprint density at radius 3 is 1.25 bits per heavy atom. The Hall–Kier alpha value is 1.48. The molecule has 0 amide bonds. The van der Waals surface area contributed by atoms with Crippen LogP contribution in [0, 0.1) is 11.8 Å². The molecule has 0 heterocycles. The minimum Gasteiger partial charge on any atom is -0.512 e. The van der Waals surface area contributed by atoms with Crippen LogP contribution in [-0.4, -0.2) is 0 Å². The number of nitrogens with zero attached hydrogens (tertiary/aromatic N) is 1. The van der Waals surface area contributed by atoms with Crippen molar-refractivity contribution in [3.05, 3.63) is 6.57 Å². The molecule has 0 aromatic heterocycles. The molecule has 0 saturated carbocycles. The molecule has 0 rings (SSSR count). The summed E-state index contributed by atoms with van der Waals surface area (Å²) in [5.74, 6) is 0. The largest absolute Gasteiger partial charge is 1.00 e. The topological polar surface area (TPSA) is 23.8 Å². The van der Waals surface area contributed by atoms with Crippen molar-refractivity contribution in [1.82, 2.24) is 0 Å². The van der Waals surface area contributed by atoms with E-state index in [2.05, 4.69) is 0 Å². The molecule has 3 heteroatoms. The van der Waals surface area contributed by atoms with E-state index in [9.17, 15) is 0 Å². The normalized spacial score (nSPS) is 0.500. The first-order valence-corrected chi connectivity index (χ1v) is 0.224. The number of hydrogen-bond acceptors (Lipinski definition) is 1. The summed E-state index contributed by atoms with van der Waals surface area (Å²) in [5, 5.41) is 6.25.